The number of hydrogen-bond acceptors (Lipinski definition) is 4. The second-order valence-corrected chi connectivity index (χ2v) is 7.00. The molecule has 2 aromatic carbocycles. The second-order valence-electron chi connectivity index (χ2n) is 7.00. The average Bonchev–Trinajstić information content (AvgIpc) is 3.20. The van der Waals surface area contributed by atoms with Gasteiger partial charge in [0.25, 0.3) is 5.91 Å². The number of benzene rings is 2. The summed E-state index contributed by atoms with van der Waals surface area (Å²) in [4.78, 5) is 14.0. The maximum atomic E-state index is 12.8. The van der Waals surface area contributed by atoms with Gasteiger partial charge in [-0.15, -0.1) is 0 Å². The van der Waals surface area contributed by atoms with Crippen LogP contribution in [-0.4, -0.2) is 41.7 Å². The van der Waals surface area contributed by atoms with E-state index in [9.17, 15) is 18.0 Å². The lowest BCUT2D eigenvalue weighted by Crippen LogP contribution is -2.37. The summed E-state index contributed by atoms with van der Waals surface area (Å²) in [5.41, 5.74) is 0.654. The largest absolute Gasteiger partial charge is 0.484 e. The molecule has 8 heteroatoms. The molecule has 2 aromatic rings. The summed E-state index contributed by atoms with van der Waals surface area (Å²) in [6.07, 6.45) is -3.62. The van der Waals surface area contributed by atoms with Crippen molar-refractivity contribution in [3.8, 4) is 5.75 Å². The van der Waals surface area contributed by atoms with Gasteiger partial charge in [0.15, 0.2) is 6.61 Å². The third kappa shape index (κ3) is 5.95. The Balaban J connectivity index is 1.44. The van der Waals surface area contributed by atoms with Crippen molar-refractivity contribution in [3.63, 3.8) is 0 Å². The zero-order valence-corrected chi connectivity index (χ0v) is 15.8. The summed E-state index contributed by atoms with van der Waals surface area (Å²) >= 11 is 0. The second kappa shape index (κ2) is 9.28. The van der Waals surface area contributed by atoms with Gasteiger partial charge in [-0.3, -0.25) is 4.79 Å². The number of carbonyl (C=O) groups is 1. The first-order valence-corrected chi connectivity index (χ1v) is 9.35. The lowest BCUT2D eigenvalue weighted by molar-refractivity contribution is -0.137. The molecule has 1 aliphatic heterocycles. The van der Waals surface area contributed by atoms with E-state index in [2.05, 4.69) is 5.32 Å². The molecule has 0 saturated carbocycles. The molecule has 1 heterocycles. The fourth-order valence-corrected chi connectivity index (χ4v) is 3.20. The summed E-state index contributed by atoms with van der Waals surface area (Å²) in [7, 11) is 0. The van der Waals surface area contributed by atoms with Crippen molar-refractivity contribution in [1.82, 2.24) is 10.2 Å². The van der Waals surface area contributed by atoms with Gasteiger partial charge in [0.05, 0.1) is 12.2 Å². The number of ether oxygens (including phenoxy) is 1. The Morgan fingerprint density at radius 3 is 2.62 bits per heavy atom. The summed E-state index contributed by atoms with van der Waals surface area (Å²) in [6, 6.07) is 12.1. The minimum absolute atomic E-state index is 0.0253. The predicted octanol–water partition coefficient (Wildman–Crippen LogP) is 2.97. The quantitative estimate of drug-likeness (QED) is 0.740. The molecule has 29 heavy (non-hydrogen) atoms. The van der Waals surface area contributed by atoms with Gasteiger partial charge in [-0.2, -0.15) is 13.2 Å². The van der Waals surface area contributed by atoms with Crippen molar-refractivity contribution in [3.05, 3.63) is 65.2 Å². The minimum atomic E-state index is -4.36. The molecule has 1 unspecified atom stereocenters. The van der Waals surface area contributed by atoms with Gasteiger partial charge in [-0.25, -0.2) is 0 Å². The van der Waals surface area contributed by atoms with Gasteiger partial charge in [0, 0.05) is 25.7 Å². The Morgan fingerprint density at radius 1 is 1.17 bits per heavy atom. The highest BCUT2D eigenvalue weighted by Gasteiger charge is 2.30. The van der Waals surface area contributed by atoms with Crippen LogP contribution < -0.4 is 10.1 Å². The van der Waals surface area contributed by atoms with Gasteiger partial charge in [-0.05, 0) is 35.7 Å². The van der Waals surface area contributed by atoms with Crippen LogP contribution in [0.1, 0.15) is 23.1 Å². The van der Waals surface area contributed by atoms with Crippen LogP contribution in [0.25, 0.3) is 0 Å². The van der Waals surface area contributed by atoms with E-state index in [0.717, 1.165) is 24.1 Å². The van der Waals surface area contributed by atoms with Crippen molar-refractivity contribution in [1.29, 1.82) is 0 Å². The molecule has 1 amide bonds. The van der Waals surface area contributed by atoms with E-state index in [1.807, 2.05) is 0 Å². The number of likely N-dealkylation sites (tertiary alicyclic amines) is 1. The number of nitrogens with one attached hydrogen (secondary N) is 1. The number of amides is 1. The van der Waals surface area contributed by atoms with E-state index in [-0.39, 0.29) is 25.2 Å². The Morgan fingerprint density at radius 2 is 1.93 bits per heavy atom. The van der Waals surface area contributed by atoms with Crippen molar-refractivity contribution >= 4 is 5.91 Å². The third-order valence-corrected chi connectivity index (χ3v) is 4.86. The molecule has 1 atom stereocenters. The van der Waals surface area contributed by atoms with Gasteiger partial charge in [0.1, 0.15) is 5.75 Å². The molecule has 1 fully saturated rings. The first-order chi connectivity index (χ1) is 13.8. The molecular formula is C21H23F3N2O3. The summed E-state index contributed by atoms with van der Waals surface area (Å²) in [6.45, 7) is 1.24. The third-order valence-electron chi connectivity index (χ3n) is 4.86. The first-order valence-electron chi connectivity index (χ1n) is 9.35. The molecule has 0 aliphatic carbocycles. The molecule has 156 valence electrons. The Bertz CT molecular complexity index is 825. The van der Waals surface area contributed by atoms with E-state index in [1.165, 1.54) is 6.07 Å². The van der Waals surface area contributed by atoms with Crippen molar-refractivity contribution in [2.75, 3.05) is 19.7 Å². The maximum absolute atomic E-state index is 12.8. The number of nitrogens with zero attached hydrogens (tertiary/aromatic N) is 1. The standard InChI is InChI=1S/C21H23F3N2O3/c22-21(23,24)17-3-1-2-16(10-17)11-25-18-8-9-26(12-18)20(28)14-29-19-6-4-15(13-27)5-7-19/h1-7,10,18,25,27H,8-9,11-14H2. The summed E-state index contributed by atoms with van der Waals surface area (Å²) in [5.74, 6) is 0.411. The van der Waals surface area contributed by atoms with Gasteiger partial charge >= 0.3 is 6.18 Å². The zero-order chi connectivity index (χ0) is 20.9. The smallest absolute Gasteiger partial charge is 0.416 e. The molecular weight excluding hydrogens is 385 g/mol. The lowest BCUT2D eigenvalue weighted by atomic mass is 10.1. The number of carbonyl (C=O) groups excluding carboxylic acids is 1. The minimum Gasteiger partial charge on any atom is -0.484 e. The van der Waals surface area contributed by atoms with E-state index < -0.39 is 11.7 Å². The van der Waals surface area contributed by atoms with Gasteiger partial charge in [-0.1, -0.05) is 30.3 Å². The molecule has 3 rings (SSSR count). The fourth-order valence-electron chi connectivity index (χ4n) is 3.20. The summed E-state index contributed by atoms with van der Waals surface area (Å²) < 4.78 is 43.9. The first kappa shape index (κ1) is 21.1. The van der Waals surface area contributed by atoms with Crippen LogP contribution in [-0.2, 0) is 24.1 Å². The Labute approximate surface area is 167 Å². The van der Waals surface area contributed by atoms with Crippen LogP contribution in [0.4, 0.5) is 13.2 Å². The Hall–Kier alpha value is -2.58. The molecule has 5 nitrogen and oxygen atoms in total. The van der Waals surface area contributed by atoms with E-state index >= 15 is 0 Å². The highest BCUT2D eigenvalue weighted by atomic mass is 19.4. The van der Waals surface area contributed by atoms with Crippen molar-refractivity contribution < 1.29 is 27.8 Å². The van der Waals surface area contributed by atoms with E-state index in [1.54, 1.807) is 35.2 Å². The molecule has 0 aromatic heterocycles. The average molecular weight is 408 g/mol. The van der Waals surface area contributed by atoms with Crippen molar-refractivity contribution in [2.45, 2.75) is 31.8 Å². The number of alkyl halides is 3. The van der Waals surface area contributed by atoms with Gasteiger partial charge < -0.3 is 20.1 Å². The number of rotatable bonds is 7. The zero-order valence-electron chi connectivity index (χ0n) is 15.8. The van der Waals surface area contributed by atoms with Crippen LogP contribution >= 0.6 is 0 Å². The van der Waals surface area contributed by atoms with Crippen molar-refractivity contribution in [2.24, 2.45) is 0 Å². The highest BCUT2D eigenvalue weighted by molar-refractivity contribution is 5.78. The van der Waals surface area contributed by atoms with E-state index in [4.69, 9.17) is 9.84 Å². The van der Waals surface area contributed by atoms with Crippen LogP contribution in [0.15, 0.2) is 48.5 Å². The molecule has 2 N–H and O–H groups in total. The van der Waals surface area contributed by atoms with Gasteiger partial charge in [0.2, 0.25) is 0 Å². The van der Waals surface area contributed by atoms with E-state index in [0.29, 0.717) is 30.9 Å². The maximum Gasteiger partial charge on any atom is 0.416 e. The monoisotopic (exact) mass is 408 g/mol. The fraction of sp³-hybridized carbons (Fsp3) is 0.381. The number of aliphatic hydroxyl groups is 1. The number of aliphatic hydroxyl groups excluding tert-OH is 1. The normalized spacial score (nSPS) is 16.8. The molecule has 0 bridgehead atoms. The molecule has 1 aliphatic rings. The highest BCUT2D eigenvalue weighted by Crippen LogP contribution is 2.29. The molecule has 0 radical (unpaired) electrons. The van der Waals surface area contributed by atoms with Crippen LogP contribution in [0.3, 0.4) is 0 Å². The van der Waals surface area contributed by atoms with Crippen LogP contribution in [0, 0.1) is 0 Å². The predicted molar refractivity (Wildman–Crippen MR) is 101 cm³/mol. The molecule has 0 spiro atoms. The van der Waals surface area contributed by atoms with Crippen LogP contribution in [0.5, 0.6) is 5.75 Å². The number of halogens is 3. The van der Waals surface area contributed by atoms with Crippen LogP contribution in [0.2, 0.25) is 0 Å². The molecule has 1 saturated heterocycles. The summed E-state index contributed by atoms with van der Waals surface area (Å²) in [5, 5.41) is 12.2. The lowest BCUT2D eigenvalue weighted by Gasteiger charge is -2.18. The topological polar surface area (TPSA) is 61.8 Å². The SMILES string of the molecule is O=C(COc1ccc(CO)cc1)N1CCC(NCc2cccc(C(F)(F)F)c2)C1. The number of hydrogen-bond donors (Lipinski definition) is 2. The Kier molecular flexibility index (Phi) is 6.76.